The standard InChI is InChI=1S/C16H22N6/c1-12(13-5-3-2-4-6-13)19-14-11-15(21-16(17)20-14)22-9-7-18-8-10-22/h2-6,11-12,18H,7-10H2,1H3,(H3,17,19,20,21)/t12-/m0/s1. The number of nitrogens with two attached hydrogens (primary N) is 1. The first-order valence-electron chi connectivity index (χ1n) is 7.64. The van der Waals surface area contributed by atoms with Gasteiger partial charge in [0.1, 0.15) is 11.6 Å². The van der Waals surface area contributed by atoms with Crippen molar-refractivity contribution in [1.29, 1.82) is 0 Å². The van der Waals surface area contributed by atoms with Gasteiger partial charge < -0.3 is 21.3 Å². The van der Waals surface area contributed by atoms with Crippen molar-refractivity contribution >= 4 is 17.6 Å². The van der Waals surface area contributed by atoms with Crippen molar-refractivity contribution in [3.05, 3.63) is 42.0 Å². The van der Waals surface area contributed by atoms with Crippen molar-refractivity contribution in [3.63, 3.8) is 0 Å². The van der Waals surface area contributed by atoms with Gasteiger partial charge in [-0.15, -0.1) is 0 Å². The summed E-state index contributed by atoms with van der Waals surface area (Å²) < 4.78 is 0. The minimum atomic E-state index is 0.159. The molecular formula is C16H22N6. The predicted octanol–water partition coefficient (Wildman–Crippen LogP) is 1.64. The molecule has 0 bridgehead atoms. The molecule has 1 atom stereocenters. The molecule has 1 aliphatic rings. The lowest BCUT2D eigenvalue weighted by molar-refractivity contribution is 0.585. The van der Waals surface area contributed by atoms with E-state index in [2.05, 4.69) is 44.6 Å². The minimum absolute atomic E-state index is 0.159. The Balaban J connectivity index is 1.77. The van der Waals surface area contributed by atoms with Gasteiger partial charge in [-0.3, -0.25) is 0 Å². The first-order valence-corrected chi connectivity index (χ1v) is 7.64. The number of nitrogens with zero attached hydrogens (tertiary/aromatic N) is 3. The van der Waals surface area contributed by atoms with Crippen LogP contribution in [0.2, 0.25) is 0 Å². The molecule has 1 aliphatic heterocycles. The molecule has 2 heterocycles. The molecule has 6 nitrogen and oxygen atoms in total. The molecule has 2 aromatic rings. The fraction of sp³-hybridized carbons (Fsp3) is 0.375. The molecule has 0 saturated carbocycles. The van der Waals surface area contributed by atoms with Crippen molar-refractivity contribution in [1.82, 2.24) is 15.3 Å². The van der Waals surface area contributed by atoms with Crippen molar-refractivity contribution in [2.75, 3.05) is 42.1 Å². The predicted molar refractivity (Wildman–Crippen MR) is 90.0 cm³/mol. The summed E-state index contributed by atoms with van der Waals surface area (Å²) in [6.07, 6.45) is 0. The third-order valence-corrected chi connectivity index (χ3v) is 3.83. The average Bonchev–Trinajstić information content (AvgIpc) is 2.56. The summed E-state index contributed by atoms with van der Waals surface area (Å²) in [5.74, 6) is 1.95. The third kappa shape index (κ3) is 3.46. The van der Waals surface area contributed by atoms with E-state index in [-0.39, 0.29) is 6.04 Å². The van der Waals surface area contributed by atoms with Crippen molar-refractivity contribution in [2.45, 2.75) is 13.0 Å². The summed E-state index contributed by atoms with van der Waals surface area (Å²) in [5.41, 5.74) is 7.09. The van der Waals surface area contributed by atoms with Crippen LogP contribution in [0, 0.1) is 0 Å². The number of nitrogen functional groups attached to an aromatic ring is 1. The van der Waals surface area contributed by atoms with Gasteiger partial charge in [0.25, 0.3) is 0 Å². The van der Waals surface area contributed by atoms with E-state index in [0.29, 0.717) is 5.95 Å². The highest BCUT2D eigenvalue weighted by atomic mass is 15.3. The lowest BCUT2D eigenvalue weighted by Gasteiger charge is -2.28. The van der Waals surface area contributed by atoms with Crippen LogP contribution in [-0.2, 0) is 0 Å². The summed E-state index contributed by atoms with van der Waals surface area (Å²) >= 11 is 0. The highest BCUT2D eigenvalue weighted by molar-refractivity contribution is 5.53. The van der Waals surface area contributed by atoms with Crippen LogP contribution in [0.4, 0.5) is 17.6 Å². The van der Waals surface area contributed by atoms with Gasteiger partial charge in [-0.2, -0.15) is 9.97 Å². The number of anilines is 3. The van der Waals surface area contributed by atoms with Crippen LogP contribution >= 0.6 is 0 Å². The highest BCUT2D eigenvalue weighted by Crippen LogP contribution is 2.22. The number of hydrogen-bond donors (Lipinski definition) is 3. The maximum absolute atomic E-state index is 5.88. The van der Waals surface area contributed by atoms with E-state index < -0.39 is 0 Å². The van der Waals surface area contributed by atoms with Crippen LogP contribution in [0.1, 0.15) is 18.5 Å². The molecule has 0 spiro atoms. The molecule has 1 fully saturated rings. The van der Waals surface area contributed by atoms with Gasteiger partial charge in [-0.1, -0.05) is 30.3 Å². The molecule has 1 aromatic heterocycles. The van der Waals surface area contributed by atoms with Gasteiger partial charge in [0.05, 0.1) is 0 Å². The molecule has 6 heteroatoms. The summed E-state index contributed by atoms with van der Waals surface area (Å²) in [7, 11) is 0. The van der Waals surface area contributed by atoms with Crippen LogP contribution in [0.3, 0.4) is 0 Å². The van der Waals surface area contributed by atoms with Crippen molar-refractivity contribution in [2.24, 2.45) is 0 Å². The molecular weight excluding hydrogens is 276 g/mol. The fourth-order valence-corrected chi connectivity index (χ4v) is 2.63. The molecule has 116 valence electrons. The maximum atomic E-state index is 5.88. The van der Waals surface area contributed by atoms with E-state index in [1.54, 1.807) is 0 Å². The second-order valence-electron chi connectivity index (χ2n) is 5.48. The lowest BCUT2D eigenvalue weighted by atomic mass is 10.1. The second kappa shape index (κ2) is 6.62. The molecule has 4 N–H and O–H groups in total. The zero-order valence-corrected chi connectivity index (χ0v) is 12.8. The lowest BCUT2D eigenvalue weighted by Crippen LogP contribution is -2.44. The van der Waals surface area contributed by atoms with Crippen LogP contribution < -0.4 is 21.3 Å². The summed E-state index contributed by atoms with van der Waals surface area (Å²) in [6, 6.07) is 12.4. The molecule has 0 aliphatic carbocycles. The van der Waals surface area contributed by atoms with Crippen LogP contribution in [0.25, 0.3) is 0 Å². The zero-order valence-electron chi connectivity index (χ0n) is 12.8. The summed E-state index contributed by atoms with van der Waals surface area (Å²) in [6.45, 7) is 5.91. The third-order valence-electron chi connectivity index (χ3n) is 3.83. The summed E-state index contributed by atoms with van der Waals surface area (Å²) in [4.78, 5) is 10.9. The monoisotopic (exact) mass is 298 g/mol. The van der Waals surface area contributed by atoms with Gasteiger partial charge in [0, 0.05) is 38.3 Å². The van der Waals surface area contributed by atoms with Gasteiger partial charge in [-0.05, 0) is 12.5 Å². The topological polar surface area (TPSA) is 79.1 Å². The Labute approximate surface area is 130 Å². The van der Waals surface area contributed by atoms with E-state index in [9.17, 15) is 0 Å². The second-order valence-corrected chi connectivity index (χ2v) is 5.48. The Hall–Kier alpha value is -2.34. The number of hydrogen-bond acceptors (Lipinski definition) is 6. The molecule has 3 rings (SSSR count). The van der Waals surface area contributed by atoms with E-state index in [4.69, 9.17) is 5.73 Å². The first kappa shape index (κ1) is 14.6. The number of nitrogens with one attached hydrogen (secondary N) is 2. The number of rotatable bonds is 4. The Kier molecular flexibility index (Phi) is 4.39. The Morgan fingerprint density at radius 3 is 2.64 bits per heavy atom. The van der Waals surface area contributed by atoms with Gasteiger partial charge in [-0.25, -0.2) is 0 Å². The van der Waals surface area contributed by atoms with E-state index in [1.165, 1.54) is 5.56 Å². The highest BCUT2D eigenvalue weighted by Gasteiger charge is 2.14. The first-order chi connectivity index (χ1) is 10.7. The molecule has 1 saturated heterocycles. The van der Waals surface area contributed by atoms with E-state index in [0.717, 1.165) is 37.8 Å². The average molecular weight is 298 g/mol. The number of benzene rings is 1. The quantitative estimate of drug-likeness (QED) is 0.796. The molecule has 0 amide bonds. The molecule has 1 aromatic carbocycles. The maximum Gasteiger partial charge on any atom is 0.223 e. The van der Waals surface area contributed by atoms with Crippen LogP contribution in [0.5, 0.6) is 0 Å². The SMILES string of the molecule is C[C@H](Nc1cc(N2CCNCC2)nc(N)n1)c1ccccc1. The smallest absolute Gasteiger partial charge is 0.223 e. The van der Waals surface area contributed by atoms with E-state index >= 15 is 0 Å². The van der Waals surface area contributed by atoms with Gasteiger partial charge >= 0.3 is 0 Å². The van der Waals surface area contributed by atoms with Crippen molar-refractivity contribution < 1.29 is 0 Å². The zero-order chi connectivity index (χ0) is 15.4. The summed E-state index contributed by atoms with van der Waals surface area (Å²) in [5, 5.41) is 6.74. The normalized spacial score (nSPS) is 16.3. The molecule has 0 radical (unpaired) electrons. The van der Waals surface area contributed by atoms with Gasteiger partial charge in [0.15, 0.2) is 0 Å². The van der Waals surface area contributed by atoms with Crippen LogP contribution in [-0.4, -0.2) is 36.1 Å². The Bertz CT molecular complexity index is 609. The largest absolute Gasteiger partial charge is 0.368 e. The Morgan fingerprint density at radius 2 is 1.91 bits per heavy atom. The molecule has 0 unspecified atom stereocenters. The number of piperazine rings is 1. The van der Waals surface area contributed by atoms with Gasteiger partial charge in [0.2, 0.25) is 5.95 Å². The fourth-order valence-electron chi connectivity index (χ4n) is 2.63. The van der Waals surface area contributed by atoms with E-state index in [1.807, 2.05) is 24.3 Å². The molecule has 22 heavy (non-hydrogen) atoms. The van der Waals surface area contributed by atoms with Crippen LogP contribution in [0.15, 0.2) is 36.4 Å². The number of aromatic nitrogens is 2. The van der Waals surface area contributed by atoms with Crippen molar-refractivity contribution in [3.8, 4) is 0 Å². The minimum Gasteiger partial charge on any atom is -0.368 e. The Morgan fingerprint density at radius 1 is 1.18 bits per heavy atom.